The van der Waals surface area contributed by atoms with Crippen LogP contribution in [-0.2, 0) is 11.3 Å². The van der Waals surface area contributed by atoms with Crippen molar-refractivity contribution in [2.45, 2.75) is 19.6 Å². The number of hydrogen-bond donors (Lipinski definition) is 0. The summed E-state index contributed by atoms with van der Waals surface area (Å²) in [5, 5.41) is 3.88. The summed E-state index contributed by atoms with van der Waals surface area (Å²) in [4.78, 5) is 47.4. The van der Waals surface area contributed by atoms with Gasteiger partial charge in [0.05, 0.1) is 29.5 Å². The number of esters is 1. The lowest BCUT2D eigenvalue weighted by molar-refractivity contribution is 0.0265. The topological polar surface area (TPSA) is 129 Å². The Labute approximate surface area is 186 Å². The Bertz CT molecular complexity index is 1350. The number of pyridine rings is 1. The van der Waals surface area contributed by atoms with Gasteiger partial charge in [-0.25, -0.2) is 4.79 Å². The summed E-state index contributed by atoms with van der Waals surface area (Å²) in [6.07, 6.45) is 3.84. The molecule has 0 aliphatic carbocycles. The Morgan fingerprint density at radius 2 is 1.97 bits per heavy atom. The molecule has 0 radical (unpaired) electrons. The molecule has 0 fully saturated rings. The molecule has 1 aliphatic heterocycles. The molecule has 5 rings (SSSR count). The van der Waals surface area contributed by atoms with Gasteiger partial charge in [0.2, 0.25) is 5.82 Å². The van der Waals surface area contributed by atoms with Gasteiger partial charge in [0.1, 0.15) is 5.76 Å². The normalized spacial score (nSPS) is 13.8. The minimum atomic E-state index is -0.837. The first-order chi connectivity index (χ1) is 16.0. The lowest BCUT2D eigenvalue weighted by atomic mass is 10.1. The highest BCUT2D eigenvalue weighted by Crippen LogP contribution is 2.27. The van der Waals surface area contributed by atoms with Gasteiger partial charge in [-0.2, -0.15) is 4.98 Å². The van der Waals surface area contributed by atoms with Crippen molar-refractivity contribution in [1.29, 1.82) is 0 Å². The maximum absolute atomic E-state index is 12.8. The predicted molar refractivity (Wildman–Crippen MR) is 111 cm³/mol. The second kappa shape index (κ2) is 8.15. The van der Waals surface area contributed by atoms with Crippen LogP contribution in [0.25, 0.3) is 11.4 Å². The Morgan fingerprint density at radius 3 is 2.73 bits per heavy atom. The number of ether oxygens (including phenoxy) is 1. The highest BCUT2D eigenvalue weighted by Gasteiger charge is 2.36. The summed E-state index contributed by atoms with van der Waals surface area (Å²) < 4.78 is 15.9. The molecule has 2 amide bonds. The SMILES string of the molecule is CC(OC(=O)c1ccc2c(c1)C(=O)N(Cc1ccco1)C2=O)c1nc(-c2cccnc2)no1. The van der Waals surface area contributed by atoms with Crippen LogP contribution in [0.2, 0.25) is 0 Å². The first kappa shape index (κ1) is 20.3. The van der Waals surface area contributed by atoms with Crippen LogP contribution in [0, 0.1) is 0 Å². The average molecular weight is 444 g/mol. The number of nitrogens with zero attached hydrogens (tertiary/aromatic N) is 4. The van der Waals surface area contributed by atoms with E-state index in [2.05, 4.69) is 15.1 Å². The maximum Gasteiger partial charge on any atom is 0.338 e. The Balaban J connectivity index is 1.31. The third kappa shape index (κ3) is 3.78. The fraction of sp³-hybridized carbons (Fsp3) is 0.130. The molecular formula is C23H16N4O6. The zero-order chi connectivity index (χ0) is 22.9. The molecule has 3 aromatic heterocycles. The number of furan rings is 1. The molecule has 0 bridgehead atoms. The van der Waals surface area contributed by atoms with Crippen LogP contribution >= 0.6 is 0 Å². The number of fused-ring (bicyclic) bond motifs is 1. The van der Waals surface area contributed by atoms with Crippen molar-refractivity contribution < 1.29 is 28.1 Å². The van der Waals surface area contributed by atoms with Crippen LogP contribution in [0.3, 0.4) is 0 Å². The highest BCUT2D eigenvalue weighted by atomic mass is 16.6. The van der Waals surface area contributed by atoms with Gasteiger partial charge < -0.3 is 13.7 Å². The van der Waals surface area contributed by atoms with Crippen LogP contribution in [0.15, 0.2) is 70.1 Å². The molecule has 1 atom stereocenters. The molecule has 0 saturated carbocycles. The van der Waals surface area contributed by atoms with Gasteiger partial charge in [-0.3, -0.25) is 19.5 Å². The summed E-state index contributed by atoms with van der Waals surface area (Å²) in [5.41, 5.74) is 1.13. The molecule has 10 nitrogen and oxygen atoms in total. The number of amides is 2. The molecule has 0 saturated heterocycles. The van der Waals surface area contributed by atoms with Crippen molar-refractivity contribution >= 4 is 17.8 Å². The van der Waals surface area contributed by atoms with E-state index in [1.807, 2.05) is 0 Å². The minimum Gasteiger partial charge on any atom is -0.467 e. The van der Waals surface area contributed by atoms with Crippen molar-refractivity contribution in [2.24, 2.45) is 0 Å². The number of aromatic nitrogens is 3. The summed E-state index contributed by atoms with van der Waals surface area (Å²) in [6.45, 7) is 1.60. The predicted octanol–water partition coefficient (Wildman–Crippen LogP) is 3.44. The van der Waals surface area contributed by atoms with E-state index in [1.165, 1.54) is 24.5 Å². The summed E-state index contributed by atoms with van der Waals surface area (Å²) in [7, 11) is 0. The van der Waals surface area contributed by atoms with Crippen molar-refractivity contribution in [1.82, 2.24) is 20.0 Å². The molecule has 0 N–H and O–H groups in total. The second-order valence-electron chi connectivity index (χ2n) is 7.28. The first-order valence-corrected chi connectivity index (χ1v) is 9.99. The number of hydrogen-bond acceptors (Lipinski definition) is 9. The third-order valence-corrected chi connectivity index (χ3v) is 5.09. The van der Waals surface area contributed by atoms with Crippen LogP contribution in [0.1, 0.15) is 55.8 Å². The Kier molecular flexibility index (Phi) is 5.02. The van der Waals surface area contributed by atoms with E-state index in [0.29, 0.717) is 17.1 Å². The van der Waals surface area contributed by atoms with E-state index in [0.717, 1.165) is 4.90 Å². The van der Waals surface area contributed by atoms with Crippen LogP contribution in [-0.4, -0.2) is 37.8 Å². The first-order valence-electron chi connectivity index (χ1n) is 9.99. The van der Waals surface area contributed by atoms with Gasteiger partial charge in [0, 0.05) is 18.0 Å². The van der Waals surface area contributed by atoms with E-state index in [-0.39, 0.29) is 29.1 Å². The smallest absolute Gasteiger partial charge is 0.338 e. The highest BCUT2D eigenvalue weighted by molar-refractivity contribution is 6.21. The monoisotopic (exact) mass is 444 g/mol. The third-order valence-electron chi connectivity index (χ3n) is 5.09. The minimum absolute atomic E-state index is 0.00654. The molecule has 33 heavy (non-hydrogen) atoms. The molecule has 0 spiro atoms. The number of carbonyl (C=O) groups is 3. The quantitative estimate of drug-likeness (QED) is 0.324. The molecule has 10 heteroatoms. The van der Waals surface area contributed by atoms with E-state index in [4.69, 9.17) is 13.7 Å². The van der Waals surface area contributed by atoms with Gasteiger partial charge in [-0.05, 0) is 49.4 Å². The van der Waals surface area contributed by atoms with Crippen LogP contribution in [0.5, 0.6) is 0 Å². The van der Waals surface area contributed by atoms with Gasteiger partial charge in [0.25, 0.3) is 17.7 Å². The van der Waals surface area contributed by atoms with E-state index >= 15 is 0 Å². The van der Waals surface area contributed by atoms with Crippen molar-refractivity contribution in [3.63, 3.8) is 0 Å². The van der Waals surface area contributed by atoms with Gasteiger partial charge in [-0.1, -0.05) is 5.16 Å². The summed E-state index contributed by atoms with van der Waals surface area (Å²) in [6, 6.07) is 11.1. The van der Waals surface area contributed by atoms with Gasteiger partial charge in [-0.15, -0.1) is 0 Å². The maximum atomic E-state index is 12.8. The Morgan fingerprint density at radius 1 is 1.12 bits per heavy atom. The van der Waals surface area contributed by atoms with Crippen molar-refractivity contribution in [2.75, 3.05) is 0 Å². The molecule has 4 heterocycles. The average Bonchev–Trinajstić information content (AvgIpc) is 3.58. The van der Waals surface area contributed by atoms with Crippen LogP contribution in [0.4, 0.5) is 0 Å². The number of carbonyl (C=O) groups excluding carboxylic acids is 3. The molecular weight excluding hydrogens is 428 g/mol. The molecule has 1 aliphatic rings. The Hall–Kier alpha value is -4.60. The summed E-state index contributed by atoms with van der Waals surface area (Å²) >= 11 is 0. The molecule has 1 aromatic carbocycles. The van der Waals surface area contributed by atoms with Gasteiger partial charge in [0.15, 0.2) is 6.10 Å². The number of imide groups is 1. The zero-order valence-electron chi connectivity index (χ0n) is 17.3. The zero-order valence-corrected chi connectivity index (χ0v) is 17.3. The van der Waals surface area contributed by atoms with Crippen molar-refractivity contribution in [3.05, 3.63) is 89.5 Å². The standard InChI is InChI=1S/C23H16N4O6/c1-13(20-25-19(26-33-20)15-4-2-8-24-11-15)32-23(30)14-6-7-17-18(10-14)22(29)27(21(17)28)12-16-5-3-9-31-16/h2-11,13H,12H2,1H3. The fourth-order valence-corrected chi connectivity index (χ4v) is 3.41. The molecule has 164 valence electrons. The molecule has 4 aromatic rings. The van der Waals surface area contributed by atoms with Crippen LogP contribution < -0.4 is 0 Å². The number of rotatable bonds is 6. The van der Waals surface area contributed by atoms with E-state index in [1.54, 1.807) is 43.6 Å². The van der Waals surface area contributed by atoms with Crippen molar-refractivity contribution in [3.8, 4) is 11.4 Å². The lowest BCUT2D eigenvalue weighted by Crippen LogP contribution is -2.28. The van der Waals surface area contributed by atoms with E-state index in [9.17, 15) is 14.4 Å². The lowest BCUT2D eigenvalue weighted by Gasteiger charge is -2.11. The second-order valence-corrected chi connectivity index (χ2v) is 7.28. The van der Waals surface area contributed by atoms with E-state index < -0.39 is 23.9 Å². The summed E-state index contributed by atoms with van der Waals surface area (Å²) in [5.74, 6) is -0.751. The van der Waals surface area contributed by atoms with Gasteiger partial charge >= 0.3 is 5.97 Å². The fourth-order valence-electron chi connectivity index (χ4n) is 3.41. The molecule has 1 unspecified atom stereocenters. The largest absolute Gasteiger partial charge is 0.467 e. The number of benzene rings is 1.